The van der Waals surface area contributed by atoms with Crippen LogP contribution in [-0.2, 0) is 6.42 Å². The molecule has 0 fully saturated rings. The van der Waals surface area contributed by atoms with Crippen LogP contribution in [0.3, 0.4) is 0 Å². The molecule has 0 aliphatic carbocycles. The number of anilines is 2. The van der Waals surface area contributed by atoms with Gasteiger partial charge >= 0.3 is 0 Å². The van der Waals surface area contributed by atoms with Gasteiger partial charge in [-0.3, -0.25) is 9.69 Å². The van der Waals surface area contributed by atoms with Gasteiger partial charge < -0.3 is 0 Å². The number of nitrogens with zero attached hydrogens (tertiary/aromatic N) is 1. The summed E-state index contributed by atoms with van der Waals surface area (Å²) in [7, 11) is 0. The van der Waals surface area contributed by atoms with Crippen molar-refractivity contribution in [1.82, 2.24) is 0 Å². The first-order valence-electron chi connectivity index (χ1n) is 10.2. The zero-order valence-corrected chi connectivity index (χ0v) is 17.4. The smallest absolute Gasteiger partial charge is 0.263 e. The summed E-state index contributed by atoms with van der Waals surface area (Å²) < 4.78 is 0. The van der Waals surface area contributed by atoms with E-state index in [9.17, 15) is 4.79 Å². The first-order valence-corrected chi connectivity index (χ1v) is 10.2. The van der Waals surface area contributed by atoms with E-state index in [1.54, 1.807) is 4.90 Å². The van der Waals surface area contributed by atoms with E-state index >= 15 is 0 Å². The Kier molecular flexibility index (Phi) is 5.76. The zero-order chi connectivity index (χ0) is 20.9. The molecule has 4 aromatic carbocycles. The predicted molar refractivity (Wildman–Crippen MR) is 125 cm³/mol. The number of hydrogen-bond acceptors (Lipinski definition) is 1. The van der Waals surface area contributed by atoms with Crippen LogP contribution < -0.4 is 4.90 Å². The van der Waals surface area contributed by atoms with Gasteiger partial charge in [0.05, 0.1) is 0 Å². The number of para-hydroxylation sites is 1. The van der Waals surface area contributed by atoms with Crippen molar-refractivity contribution in [1.29, 1.82) is 0 Å². The zero-order valence-electron chi connectivity index (χ0n) is 17.4. The van der Waals surface area contributed by atoms with Gasteiger partial charge in [-0.25, -0.2) is 0 Å². The Morgan fingerprint density at radius 3 is 1.83 bits per heavy atom. The fourth-order valence-corrected chi connectivity index (χ4v) is 3.58. The van der Waals surface area contributed by atoms with Gasteiger partial charge in [0.25, 0.3) is 5.91 Å². The van der Waals surface area contributed by atoms with Crippen molar-refractivity contribution >= 4 is 17.3 Å². The highest BCUT2D eigenvalue weighted by Crippen LogP contribution is 2.29. The number of amides is 1. The third-order valence-corrected chi connectivity index (χ3v) is 5.27. The molecule has 148 valence electrons. The first-order chi connectivity index (χ1) is 14.6. The summed E-state index contributed by atoms with van der Waals surface area (Å²) in [5.41, 5.74) is 7.07. The monoisotopic (exact) mass is 391 g/mol. The van der Waals surface area contributed by atoms with Crippen molar-refractivity contribution in [3.8, 4) is 0 Å². The second-order valence-corrected chi connectivity index (χ2v) is 7.63. The van der Waals surface area contributed by atoms with Gasteiger partial charge in [-0.05, 0) is 61.7 Å². The number of carbonyl (C=O) groups excluding carboxylic acids is 1. The molecule has 4 rings (SSSR count). The highest BCUT2D eigenvalue weighted by atomic mass is 16.2. The summed E-state index contributed by atoms with van der Waals surface area (Å²) >= 11 is 0. The van der Waals surface area contributed by atoms with Crippen LogP contribution in [0.2, 0.25) is 0 Å². The molecule has 0 spiro atoms. The number of benzene rings is 4. The lowest BCUT2D eigenvalue weighted by molar-refractivity contribution is 0.0998. The van der Waals surface area contributed by atoms with Crippen LogP contribution in [0.1, 0.15) is 32.6 Å². The molecule has 0 N–H and O–H groups in total. The Balaban J connectivity index is 1.75. The Morgan fingerprint density at radius 2 is 1.17 bits per heavy atom. The van der Waals surface area contributed by atoms with Crippen molar-refractivity contribution < 1.29 is 4.79 Å². The van der Waals surface area contributed by atoms with E-state index < -0.39 is 0 Å². The summed E-state index contributed by atoms with van der Waals surface area (Å²) in [6, 6.07) is 34.3. The van der Waals surface area contributed by atoms with Crippen LogP contribution in [0.25, 0.3) is 0 Å². The maximum Gasteiger partial charge on any atom is 0.263 e. The minimum absolute atomic E-state index is 0.0206. The highest BCUT2D eigenvalue weighted by molar-refractivity contribution is 6.11. The maximum atomic E-state index is 13.8. The van der Waals surface area contributed by atoms with Gasteiger partial charge in [0.15, 0.2) is 0 Å². The van der Waals surface area contributed by atoms with Crippen molar-refractivity contribution in [2.75, 3.05) is 4.90 Å². The van der Waals surface area contributed by atoms with E-state index in [1.807, 2.05) is 78.9 Å². The van der Waals surface area contributed by atoms with Gasteiger partial charge in [-0.15, -0.1) is 0 Å². The second-order valence-electron chi connectivity index (χ2n) is 7.63. The predicted octanol–water partition coefficient (Wildman–Crippen LogP) is 6.87. The van der Waals surface area contributed by atoms with Crippen LogP contribution in [0.5, 0.6) is 0 Å². The molecule has 0 unspecified atom stereocenters. The highest BCUT2D eigenvalue weighted by Gasteiger charge is 2.22. The SMILES string of the molecule is Cc1ccc(Cc2ccccc2C(=O)N(c2ccccc2)c2ccc(C)cc2)cc1. The normalized spacial score (nSPS) is 10.6. The largest absolute Gasteiger partial charge is 0.277 e. The molecule has 30 heavy (non-hydrogen) atoms. The molecule has 4 aromatic rings. The maximum absolute atomic E-state index is 13.8. The molecule has 0 heterocycles. The number of rotatable bonds is 5. The molecule has 2 nitrogen and oxygen atoms in total. The molecular weight excluding hydrogens is 366 g/mol. The third-order valence-electron chi connectivity index (χ3n) is 5.27. The van der Waals surface area contributed by atoms with Crippen molar-refractivity contribution in [2.24, 2.45) is 0 Å². The van der Waals surface area contributed by atoms with Crippen LogP contribution in [0, 0.1) is 13.8 Å². The van der Waals surface area contributed by atoms with Crippen LogP contribution in [0.15, 0.2) is 103 Å². The quantitative estimate of drug-likeness (QED) is 0.363. The molecule has 0 radical (unpaired) electrons. The lowest BCUT2D eigenvalue weighted by Gasteiger charge is -2.24. The number of aryl methyl sites for hydroxylation is 2. The Hall–Kier alpha value is -3.65. The molecular formula is C28H25NO. The fraction of sp³-hybridized carbons (Fsp3) is 0.107. The first kappa shape index (κ1) is 19.7. The van der Waals surface area contributed by atoms with Gasteiger partial charge in [-0.1, -0.05) is 83.9 Å². The minimum atomic E-state index is -0.0206. The van der Waals surface area contributed by atoms with Crippen molar-refractivity contribution in [3.63, 3.8) is 0 Å². The summed E-state index contributed by atoms with van der Waals surface area (Å²) in [4.78, 5) is 15.6. The molecule has 0 atom stereocenters. The van der Waals surface area contributed by atoms with Gasteiger partial charge in [0.1, 0.15) is 0 Å². The third kappa shape index (κ3) is 4.33. The lowest BCUT2D eigenvalue weighted by atomic mass is 9.98. The molecule has 0 saturated carbocycles. The van der Waals surface area contributed by atoms with Gasteiger partial charge in [-0.2, -0.15) is 0 Å². The summed E-state index contributed by atoms with van der Waals surface area (Å²) in [6.45, 7) is 4.13. The number of hydrogen-bond donors (Lipinski definition) is 0. The molecule has 0 bridgehead atoms. The average molecular weight is 392 g/mol. The summed E-state index contributed by atoms with van der Waals surface area (Å²) in [5, 5.41) is 0. The van der Waals surface area contributed by atoms with Gasteiger partial charge in [0.2, 0.25) is 0 Å². The van der Waals surface area contributed by atoms with E-state index in [0.29, 0.717) is 0 Å². The van der Waals surface area contributed by atoms with E-state index in [1.165, 1.54) is 16.7 Å². The molecule has 0 aliphatic rings. The second kappa shape index (κ2) is 8.79. The molecule has 0 aliphatic heterocycles. The van der Waals surface area contributed by atoms with E-state index in [0.717, 1.165) is 28.9 Å². The Bertz CT molecular complexity index is 1130. The topological polar surface area (TPSA) is 20.3 Å². The lowest BCUT2D eigenvalue weighted by Crippen LogP contribution is -2.27. The Labute approximate surface area is 178 Å². The van der Waals surface area contributed by atoms with Crippen LogP contribution >= 0.6 is 0 Å². The molecule has 2 heteroatoms. The van der Waals surface area contributed by atoms with Crippen molar-refractivity contribution in [2.45, 2.75) is 20.3 Å². The fourth-order valence-electron chi connectivity index (χ4n) is 3.58. The van der Waals surface area contributed by atoms with E-state index in [2.05, 4.69) is 38.1 Å². The van der Waals surface area contributed by atoms with E-state index in [4.69, 9.17) is 0 Å². The summed E-state index contributed by atoms with van der Waals surface area (Å²) in [6.07, 6.45) is 0.721. The van der Waals surface area contributed by atoms with Gasteiger partial charge in [0, 0.05) is 16.9 Å². The minimum Gasteiger partial charge on any atom is -0.277 e. The summed E-state index contributed by atoms with van der Waals surface area (Å²) in [5.74, 6) is -0.0206. The average Bonchev–Trinajstić information content (AvgIpc) is 2.78. The van der Waals surface area contributed by atoms with Crippen molar-refractivity contribution in [3.05, 3.63) is 131 Å². The van der Waals surface area contributed by atoms with Crippen LogP contribution in [-0.4, -0.2) is 5.91 Å². The van der Waals surface area contributed by atoms with Crippen LogP contribution in [0.4, 0.5) is 11.4 Å². The molecule has 1 amide bonds. The number of carbonyl (C=O) groups is 1. The molecule has 0 aromatic heterocycles. The standard InChI is InChI=1S/C28H25NO/c1-21-12-16-23(17-13-21)20-24-8-6-7-11-27(24)28(30)29(25-9-4-3-5-10-25)26-18-14-22(2)15-19-26/h3-19H,20H2,1-2H3. The Morgan fingerprint density at radius 1 is 0.633 bits per heavy atom. The van der Waals surface area contributed by atoms with E-state index in [-0.39, 0.29) is 5.91 Å². The molecule has 0 saturated heterocycles.